The number of thiazole rings is 1. The Labute approximate surface area is 133 Å². The second-order valence-electron chi connectivity index (χ2n) is 5.28. The number of anilines is 1. The zero-order valence-electron chi connectivity index (χ0n) is 12.6. The first-order valence-electron chi connectivity index (χ1n) is 7.10. The van der Waals surface area contributed by atoms with Crippen molar-refractivity contribution in [2.24, 2.45) is 5.92 Å². The van der Waals surface area contributed by atoms with Gasteiger partial charge in [0.2, 0.25) is 11.8 Å². The van der Waals surface area contributed by atoms with Crippen molar-refractivity contribution in [1.29, 1.82) is 0 Å². The highest BCUT2D eigenvalue weighted by molar-refractivity contribution is 7.13. The predicted molar refractivity (Wildman–Crippen MR) is 87.7 cm³/mol. The molecule has 1 aromatic heterocycles. The number of rotatable bonds is 6. The van der Waals surface area contributed by atoms with E-state index in [1.54, 1.807) is 11.6 Å². The van der Waals surface area contributed by atoms with Gasteiger partial charge in [-0.25, -0.2) is 4.98 Å². The maximum atomic E-state index is 12.3. The first-order valence-corrected chi connectivity index (χ1v) is 7.98. The quantitative estimate of drug-likeness (QED) is 0.860. The molecule has 0 bridgehead atoms. The van der Waals surface area contributed by atoms with Crippen molar-refractivity contribution in [3.63, 3.8) is 0 Å². The van der Waals surface area contributed by atoms with Gasteiger partial charge in [0.15, 0.2) is 5.13 Å². The van der Waals surface area contributed by atoms with Crippen LogP contribution in [0.25, 0.3) is 0 Å². The van der Waals surface area contributed by atoms with Crippen molar-refractivity contribution < 1.29 is 9.59 Å². The fourth-order valence-corrected chi connectivity index (χ4v) is 2.54. The van der Waals surface area contributed by atoms with E-state index in [-0.39, 0.29) is 24.2 Å². The van der Waals surface area contributed by atoms with Crippen molar-refractivity contribution in [3.8, 4) is 0 Å². The Morgan fingerprint density at radius 2 is 1.95 bits per heavy atom. The molecule has 2 rings (SSSR count). The number of benzene rings is 1. The summed E-state index contributed by atoms with van der Waals surface area (Å²) in [5.41, 5.74) is 0.919. The molecule has 22 heavy (non-hydrogen) atoms. The molecule has 5 nitrogen and oxygen atoms in total. The molecule has 6 heteroatoms. The van der Waals surface area contributed by atoms with Gasteiger partial charge in [0.05, 0.1) is 6.42 Å². The molecule has 0 radical (unpaired) electrons. The van der Waals surface area contributed by atoms with Gasteiger partial charge in [0.1, 0.15) is 6.04 Å². The highest BCUT2D eigenvalue weighted by atomic mass is 32.1. The maximum Gasteiger partial charge on any atom is 0.248 e. The lowest BCUT2D eigenvalue weighted by atomic mass is 10.0. The van der Waals surface area contributed by atoms with Crippen LogP contribution in [-0.4, -0.2) is 22.8 Å². The lowest BCUT2D eigenvalue weighted by Gasteiger charge is -2.21. The van der Waals surface area contributed by atoms with Crippen LogP contribution in [0.4, 0.5) is 5.13 Å². The number of nitrogens with zero attached hydrogens (tertiary/aromatic N) is 1. The molecule has 0 spiro atoms. The van der Waals surface area contributed by atoms with E-state index in [1.165, 1.54) is 11.3 Å². The average molecular weight is 317 g/mol. The van der Waals surface area contributed by atoms with Gasteiger partial charge in [0, 0.05) is 11.6 Å². The summed E-state index contributed by atoms with van der Waals surface area (Å²) in [5, 5.41) is 7.85. The van der Waals surface area contributed by atoms with Gasteiger partial charge in [-0.1, -0.05) is 44.2 Å². The summed E-state index contributed by atoms with van der Waals surface area (Å²) < 4.78 is 0. The number of nitrogens with one attached hydrogen (secondary N) is 2. The zero-order valence-corrected chi connectivity index (χ0v) is 13.4. The summed E-state index contributed by atoms with van der Waals surface area (Å²) in [4.78, 5) is 28.4. The van der Waals surface area contributed by atoms with Crippen LogP contribution < -0.4 is 10.6 Å². The number of hydrogen-bond acceptors (Lipinski definition) is 4. The van der Waals surface area contributed by atoms with Crippen molar-refractivity contribution in [2.45, 2.75) is 26.3 Å². The van der Waals surface area contributed by atoms with E-state index in [1.807, 2.05) is 44.2 Å². The molecule has 2 amide bonds. The van der Waals surface area contributed by atoms with E-state index in [4.69, 9.17) is 0 Å². The Hall–Kier alpha value is -2.21. The van der Waals surface area contributed by atoms with E-state index in [0.717, 1.165) is 5.56 Å². The number of amides is 2. The molecule has 0 aliphatic rings. The Balaban J connectivity index is 1.96. The standard InChI is InChI=1S/C16H19N3O2S/c1-11(2)14(15(21)19-16-17-8-9-22-16)18-13(20)10-12-6-4-3-5-7-12/h3-9,11,14H,10H2,1-2H3,(H,18,20)(H,17,19,21)/t14-/m0/s1. The summed E-state index contributed by atoms with van der Waals surface area (Å²) in [7, 11) is 0. The largest absolute Gasteiger partial charge is 0.344 e. The van der Waals surface area contributed by atoms with Crippen LogP contribution in [-0.2, 0) is 16.0 Å². The molecule has 0 aliphatic heterocycles. The Bertz CT molecular complexity index is 612. The first kappa shape index (κ1) is 16.2. The molecule has 1 aromatic carbocycles. The Kier molecular flexibility index (Phi) is 5.66. The summed E-state index contributed by atoms with van der Waals surface area (Å²) in [6.07, 6.45) is 1.88. The van der Waals surface area contributed by atoms with Gasteiger partial charge in [-0.05, 0) is 11.5 Å². The van der Waals surface area contributed by atoms with Crippen molar-refractivity contribution in [3.05, 3.63) is 47.5 Å². The lowest BCUT2D eigenvalue weighted by Crippen LogP contribution is -2.47. The topological polar surface area (TPSA) is 71.1 Å². The molecule has 0 saturated heterocycles. The summed E-state index contributed by atoms with van der Waals surface area (Å²) in [6.45, 7) is 3.80. The average Bonchev–Trinajstić information content (AvgIpc) is 2.98. The Morgan fingerprint density at radius 1 is 1.23 bits per heavy atom. The van der Waals surface area contributed by atoms with E-state index in [2.05, 4.69) is 15.6 Å². The van der Waals surface area contributed by atoms with E-state index in [0.29, 0.717) is 5.13 Å². The minimum absolute atomic E-state index is 0.0142. The van der Waals surface area contributed by atoms with Crippen LogP contribution >= 0.6 is 11.3 Å². The summed E-state index contributed by atoms with van der Waals surface area (Å²) in [6, 6.07) is 8.87. The third-order valence-electron chi connectivity index (χ3n) is 3.14. The normalized spacial score (nSPS) is 12.0. The molecule has 0 unspecified atom stereocenters. The van der Waals surface area contributed by atoms with Gasteiger partial charge in [-0.2, -0.15) is 0 Å². The van der Waals surface area contributed by atoms with Gasteiger partial charge in [-0.15, -0.1) is 11.3 Å². The first-order chi connectivity index (χ1) is 10.6. The van der Waals surface area contributed by atoms with Gasteiger partial charge < -0.3 is 10.6 Å². The zero-order chi connectivity index (χ0) is 15.9. The van der Waals surface area contributed by atoms with Crippen LogP contribution in [0.15, 0.2) is 41.9 Å². The third-order valence-corrected chi connectivity index (χ3v) is 3.82. The molecule has 116 valence electrons. The van der Waals surface area contributed by atoms with Gasteiger partial charge in [0.25, 0.3) is 0 Å². The van der Waals surface area contributed by atoms with Gasteiger partial charge >= 0.3 is 0 Å². The van der Waals surface area contributed by atoms with E-state index < -0.39 is 6.04 Å². The Morgan fingerprint density at radius 3 is 2.55 bits per heavy atom. The van der Waals surface area contributed by atoms with Gasteiger partial charge in [-0.3, -0.25) is 9.59 Å². The third kappa shape index (κ3) is 4.66. The van der Waals surface area contributed by atoms with Crippen molar-refractivity contribution >= 4 is 28.3 Å². The van der Waals surface area contributed by atoms with Crippen LogP contribution in [0, 0.1) is 5.92 Å². The van der Waals surface area contributed by atoms with Crippen molar-refractivity contribution in [1.82, 2.24) is 10.3 Å². The molecular weight excluding hydrogens is 298 g/mol. The lowest BCUT2D eigenvalue weighted by molar-refractivity contribution is -0.127. The molecule has 1 heterocycles. The highest BCUT2D eigenvalue weighted by Gasteiger charge is 2.24. The molecule has 1 atom stereocenters. The summed E-state index contributed by atoms with van der Waals surface area (Å²) in [5.74, 6) is -0.426. The SMILES string of the molecule is CC(C)[C@H](NC(=O)Cc1ccccc1)C(=O)Nc1nccs1. The number of carbonyl (C=O) groups excluding carboxylic acids is 2. The van der Waals surface area contributed by atoms with E-state index >= 15 is 0 Å². The van der Waals surface area contributed by atoms with Crippen LogP contribution in [0.2, 0.25) is 0 Å². The van der Waals surface area contributed by atoms with Crippen LogP contribution in [0.1, 0.15) is 19.4 Å². The fourth-order valence-electron chi connectivity index (χ4n) is 2.01. The minimum atomic E-state index is -0.583. The number of aromatic nitrogens is 1. The molecule has 0 fully saturated rings. The second kappa shape index (κ2) is 7.70. The molecule has 2 aromatic rings. The summed E-state index contributed by atoms with van der Waals surface area (Å²) >= 11 is 1.35. The molecule has 0 aliphatic carbocycles. The molecule has 2 N–H and O–H groups in total. The minimum Gasteiger partial charge on any atom is -0.344 e. The highest BCUT2D eigenvalue weighted by Crippen LogP contribution is 2.12. The smallest absolute Gasteiger partial charge is 0.248 e. The molecular formula is C16H19N3O2S. The monoisotopic (exact) mass is 317 g/mol. The van der Waals surface area contributed by atoms with Crippen LogP contribution in [0.5, 0.6) is 0 Å². The maximum absolute atomic E-state index is 12.3. The second-order valence-corrected chi connectivity index (χ2v) is 6.17. The predicted octanol–water partition coefficient (Wildman–Crippen LogP) is 2.47. The number of carbonyl (C=O) groups is 2. The van der Waals surface area contributed by atoms with E-state index in [9.17, 15) is 9.59 Å². The number of hydrogen-bond donors (Lipinski definition) is 2. The molecule has 0 saturated carbocycles. The van der Waals surface area contributed by atoms with Crippen molar-refractivity contribution in [2.75, 3.05) is 5.32 Å². The van der Waals surface area contributed by atoms with Crippen LogP contribution in [0.3, 0.4) is 0 Å². The fraction of sp³-hybridized carbons (Fsp3) is 0.312.